The van der Waals surface area contributed by atoms with Crippen molar-refractivity contribution in [1.82, 2.24) is 14.7 Å². The van der Waals surface area contributed by atoms with Gasteiger partial charge in [-0.05, 0) is 18.8 Å². The lowest BCUT2D eigenvalue weighted by atomic mass is 9.79. The summed E-state index contributed by atoms with van der Waals surface area (Å²) in [7, 11) is -3.63. The maximum absolute atomic E-state index is 12.1. The zero-order chi connectivity index (χ0) is 14.8. The number of imidazole rings is 1. The molecule has 1 aromatic rings. The van der Waals surface area contributed by atoms with Gasteiger partial charge in [0.25, 0.3) is 10.0 Å². The van der Waals surface area contributed by atoms with E-state index in [4.69, 9.17) is 0 Å². The highest BCUT2D eigenvalue weighted by atomic mass is 32.2. The molecule has 0 spiro atoms. The molecule has 0 bridgehead atoms. The third kappa shape index (κ3) is 3.59. The number of aromatic amines is 1. The zero-order valence-corrected chi connectivity index (χ0v) is 12.8. The van der Waals surface area contributed by atoms with E-state index in [0.29, 0.717) is 31.0 Å². The van der Waals surface area contributed by atoms with Crippen LogP contribution in [0.25, 0.3) is 0 Å². The normalized spacial score (nSPS) is 27.6. The third-order valence-corrected chi connectivity index (χ3v) is 5.20. The summed E-state index contributed by atoms with van der Waals surface area (Å²) >= 11 is 0. The predicted octanol–water partition coefficient (Wildman–Crippen LogP) is 1.19. The van der Waals surface area contributed by atoms with Crippen molar-refractivity contribution in [3.8, 4) is 0 Å². The third-order valence-electron chi connectivity index (χ3n) is 3.89. The smallest absolute Gasteiger partial charge is 0.257 e. The van der Waals surface area contributed by atoms with Crippen molar-refractivity contribution < 1.29 is 13.5 Å². The van der Waals surface area contributed by atoms with Crippen LogP contribution in [-0.4, -0.2) is 35.6 Å². The van der Waals surface area contributed by atoms with Crippen molar-refractivity contribution in [3.63, 3.8) is 0 Å². The van der Waals surface area contributed by atoms with E-state index in [1.165, 1.54) is 6.20 Å². The monoisotopic (exact) mass is 301 g/mol. The van der Waals surface area contributed by atoms with Crippen molar-refractivity contribution in [2.24, 2.45) is 5.92 Å². The van der Waals surface area contributed by atoms with Crippen LogP contribution in [0.3, 0.4) is 0 Å². The first-order chi connectivity index (χ1) is 9.35. The number of aromatic nitrogens is 2. The van der Waals surface area contributed by atoms with E-state index in [2.05, 4.69) is 21.6 Å². The van der Waals surface area contributed by atoms with Gasteiger partial charge >= 0.3 is 0 Å². The van der Waals surface area contributed by atoms with Crippen molar-refractivity contribution >= 4 is 10.0 Å². The number of hydrogen-bond donors (Lipinski definition) is 3. The number of hydrogen-bond acceptors (Lipinski definition) is 4. The van der Waals surface area contributed by atoms with Gasteiger partial charge in [-0.3, -0.25) is 0 Å². The van der Waals surface area contributed by atoms with Gasteiger partial charge in [0.05, 0.1) is 11.8 Å². The molecule has 1 heterocycles. The molecule has 1 aromatic heterocycles. The van der Waals surface area contributed by atoms with Gasteiger partial charge in [-0.2, -0.15) is 0 Å². The molecule has 0 aliphatic heterocycles. The van der Waals surface area contributed by atoms with Crippen LogP contribution in [0.5, 0.6) is 0 Å². The number of nitrogens with zero attached hydrogens (tertiary/aromatic N) is 1. The summed E-state index contributed by atoms with van der Waals surface area (Å²) in [6, 6.07) is 0. The summed E-state index contributed by atoms with van der Waals surface area (Å²) < 4.78 is 26.8. The minimum Gasteiger partial charge on any atom is -0.389 e. The highest BCUT2D eigenvalue weighted by Gasteiger charge is 2.34. The average molecular weight is 301 g/mol. The van der Waals surface area contributed by atoms with Crippen LogP contribution in [0.1, 0.15) is 45.4 Å². The Hall–Kier alpha value is -0.920. The Morgan fingerprint density at radius 1 is 1.60 bits per heavy atom. The predicted molar refractivity (Wildman–Crippen MR) is 75.7 cm³/mol. The second-order valence-electron chi connectivity index (χ2n) is 5.80. The fourth-order valence-corrected chi connectivity index (χ4v) is 3.82. The van der Waals surface area contributed by atoms with Crippen LogP contribution in [0.15, 0.2) is 11.2 Å². The molecule has 1 aliphatic rings. The van der Waals surface area contributed by atoms with Crippen molar-refractivity contribution in [2.45, 2.75) is 56.6 Å². The Morgan fingerprint density at radius 3 is 2.95 bits per heavy atom. The van der Waals surface area contributed by atoms with Gasteiger partial charge in [0.2, 0.25) is 0 Å². The molecule has 0 aromatic carbocycles. The van der Waals surface area contributed by atoms with Gasteiger partial charge in [-0.1, -0.05) is 26.7 Å². The lowest BCUT2D eigenvalue weighted by Gasteiger charge is -2.35. The van der Waals surface area contributed by atoms with E-state index in [1.807, 2.05) is 6.92 Å². The second kappa shape index (κ2) is 5.83. The van der Waals surface area contributed by atoms with Gasteiger partial charge in [-0.15, -0.1) is 0 Å². The molecule has 6 nitrogen and oxygen atoms in total. The number of H-pyrrole nitrogens is 1. The Morgan fingerprint density at radius 2 is 2.35 bits per heavy atom. The van der Waals surface area contributed by atoms with Crippen LogP contribution in [-0.2, 0) is 16.4 Å². The Labute approximate surface area is 120 Å². The molecule has 0 amide bonds. The van der Waals surface area contributed by atoms with Gasteiger partial charge < -0.3 is 10.1 Å². The van der Waals surface area contributed by atoms with E-state index in [9.17, 15) is 13.5 Å². The number of nitrogens with one attached hydrogen (secondary N) is 2. The fraction of sp³-hybridized carbons (Fsp3) is 0.769. The largest absolute Gasteiger partial charge is 0.389 e. The van der Waals surface area contributed by atoms with E-state index < -0.39 is 15.6 Å². The molecule has 1 aliphatic carbocycles. The maximum Gasteiger partial charge on any atom is 0.257 e. The highest BCUT2D eigenvalue weighted by Crippen LogP contribution is 2.31. The average Bonchev–Trinajstić information content (AvgIpc) is 2.86. The molecule has 2 rings (SSSR count). The topological polar surface area (TPSA) is 95.1 Å². The Balaban J connectivity index is 2.01. The number of rotatable bonds is 5. The fourth-order valence-electron chi connectivity index (χ4n) is 2.76. The van der Waals surface area contributed by atoms with Gasteiger partial charge in [0.1, 0.15) is 5.82 Å². The van der Waals surface area contributed by atoms with Crippen LogP contribution in [0.4, 0.5) is 0 Å². The molecule has 3 N–H and O–H groups in total. The van der Waals surface area contributed by atoms with Gasteiger partial charge in [0, 0.05) is 13.0 Å². The minimum atomic E-state index is -3.63. The summed E-state index contributed by atoms with van der Waals surface area (Å²) in [4.78, 5) is 6.76. The standard InChI is InChI=1S/C13H23N3O3S/c1-3-11-14-8-12(16-11)20(18,19)15-9-13(17)6-4-5-10(2)7-13/h8,10,15,17H,3-7,9H2,1-2H3,(H,14,16). The van der Waals surface area contributed by atoms with Crippen LogP contribution >= 0.6 is 0 Å². The quantitative estimate of drug-likeness (QED) is 0.761. The van der Waals surface area contributed by atoms with Crippen LogP contribution in [0.2, 0.25) is 0 Å². The zero-order valence-electron chi connectivity index (χ0n) is 12.0. The maximum atomic E-state index is 12.1. The van der Waals surface area contributed by atoms with Crippen LogP contribution in [0, 0.1) is 5.92 Å². The lowest BCUT2D eigenvalue weighted by Crippen LogP contribution is -2.45. The van der Waals surface area contributed by atoms with Crippen molar-refractivity contribution in [2.75, 3.05) is 6.54 Å². The first-order valence-corrected chi connectivity index (χ1v) is 8.59. The molecule has 0 radical (unpaired) electrons. The molecule has 1 fully saturated rings. The number of aryl methyl sites for hydroxylation is 1. The first kappa shape index (κ1) is 15.5. The molecule has 7 heteroatoms. The first-order valence-electron chi connectivity index (χ1n) is 7.10. The number of sulfonamides is 1. The van der Waals surface area contributed by atoms with E-state index in [0.717, 1.165) is 12.8 Å². The number of aliphatic hydroxyl groups is 1. The summed E-state index contributed by atoms with van der Waals surface area (Å²) in [6.07, 6.45) is 5.27. The second-order valence-corrected chi connectivity index (χ2v) is 7.53. The van der Waals surface area contributed by atoms with Gasteiger partial charge in [-0.25, -0.2) is 18.1 Å². The van der Waals surface area contributed by atoms with E-state index in [-0.39, 0.29) is 11.6 Å². The molecular formula is C13H23N3O3S. The molecular weight excluding hydrogens is 278 g/mol. The summed E-state index contributed by atoms with van der Waals surface area (Å²) in [5.74, 6) is 1.06. The molecule has 1 saturated carbocycles. The van der Waals surface area contributed by atoms with E-state index >= 15 is 0 Å². The summed E-state index contributed by atoms with van der Waals surface area (Å²) in [5, 5.41) is 10.5. The van der Waals surface area contributed by atoms with E-state index in [1.54, 1.807) is 0 Å². The minimum absolute atomic E-state index is 0.0557. The molecule has 20 heavy (non-hydrogen) atoms. The summed E-state index contributed by atoms with van der Waals surface area (Å²) in [5.41, 5.74) is -0.932. The van der Waals surface area contributed by atoms with Crippen molar-refractivity contribution in [3.05, 3.63) is 12.0 Å². The lowest BCUT2D eigenvalue weighted by molar-refractivity contribution is -0.00752. The molecule has 2 atom stereocenters. The molecule has 0 saturated heterocycles. The highest BCUT2D eigenvalue weighted by molar-refractivity contribution is 7.89. The molecule has 2 unspecified atom stereocenters. The van der Waals surface area contributed by atoms with Crippen LogP contribution < -0.4 is 4.72 Å². The summed E-state index contributed by atoms with van der Waals surface area (Å²) in [6.45, 7) is 4.04. The Bertz CT molecular complexity index is 555. The van der Waals surface area contributed by atoms with Crippen molar-refractivity contribution in [1.29, 1.82) is 0 Å². The Kier molecular flexibility index (Phi) is 4.51. The SMILES string of the molecule is CCc1ncc(S(=O)(=O)NCC2(O)CCCC(C)C2)[nH]1. The van der Waals surface area contributed by atoms with Gasteiger partial charge in [0.15, 0.2) is 5.03 Å². The molecule has 114 valence electrons.